The van der Waals surface area contributed by atoms with Gasteiger partial charge in [0.2, 0.25) is 0 Å². The van der Waals surface area contributed by atoms with Crippen LogP contribution in [0.3, 0.4) is 0 Å². The predicted molar refractivity (Wildman–Crippen MR) is 57.9 cm³/mol. The van der Waals surface area contributed by atoms with E-state index in [0.29, 0.717) is 0 Å². The third-order valence-electron chi connectivity index (χ3n) is 2.60. The molecule has 0 N–H and O–H groups in total. The van der Waals surface area contributed by atoms with Gasteiger partial charge in [-0.2, -0.15) is 11.8 Å². The van der Waals surface area contributed by atoms with Gasteiger partial charge in [-0.1, -0.05) is 6.42 Å². The number of carbonyl (C=O) groups excluding carboxylic acids is 1. The van der Waals surface area contributed by atoms with Crippen molar-refractivity contribution in [1.82, 2.24) is 0 Å². The van der Waals surface area contributed by atoms with Crippen molar-refractivity contribution in [2.45, 2.75) is 31.4 Å². The summed E-state index contributed by atoms with van der Waals surface area (Å²) in [6.45, 7) is 1.85. The number of hydrogen-bond acceptors (Lipinski definition) is 3. The maximum atomic E-state index is 12.0. The fraction of sp³-hybridized carbons (Fsp3) is 0.545. The molecule has 1 fully saturated rings. The second-order valence-corrected chi connectivity index (χ2v) is 4.92. The molecule has 2 nitrogen and oxygen atoms in total. The molecule has 1 aliphatic rings. The molecule has 1 aromatic heterocycles. The van der Waals surface area contributed by atoms with Crippen LogP contribution in [0.5, 0.6) is 0 Å². The smallest absolute Gasteiger partial charge is 0.179 e. The van der Waals surface area contributed by atoms with Crippen LogP contribution in [0, 0.1) is 6.92 Å². The highest BCUT2D eigenvalue weighted by atomic mass is 32.2. The highest BCUT2D eigenvalue weighted by Gasteiger charge is 2.24. The summed E-state index contributed by atoms with van der Waals surface area (Å²) in [6, 6.07) is 1.78. The molecule has 0 radical (unpaired) electrons. The highest BCUT2D eigenvalue weighted by molar-refractivity contribution is 8.00. The number of rotatable bonds is 2. The van der Waals surface area contributed by atoms with Gasteiger partial charge in [0, 0.05) is 0 Å². The molecule has 76 valence electrons. The van der Waals surface area contributed by atoms with Crippen molar-refractivity contribution in [3.63, 3.8) is 0 Å². The van der Waals surface area contributed by atoms with Gasteiger partial charge in [0.05, 0.1) is 17.1 Å². The Balaban J connectivity index is 2.11. The van der Waals surface area contributed by atoms with Crippen LogP contribution in [0.2, 0.25) is 0 Å². The first kappa shape index (κ1) is 9.84. The standard InChI is InChI=1S/C11H14O2S/c1-8-9(5-6-13-8)11(12)10-4-2-3-7-14-10/h5-6,10H,2-4,7H2,1H3. The lowest BCUT2D eigenvalue weighted by Gasteiger charge is -2.19. The predicted octanol–water partition coefficient (Wildman–Crippen LogP) is 3.06. The quantitative estimate of drug-likeness (QED) is 0.703. The molecule has 1 saturated heterocycles. The van der Waals surface area contributed by atoms with Gasteiger partial charge in [-0.25, -0.2) is 0 Å². The number of thioether (sulfide) groups is 1. The minimum Gasteiger partial charge on any atom is -0.469 e. The van der Waals surface area contributed by atoms with Gasteiger partial charge in [-0.3, -0.25) is 4.79 Å². The summed E-state index contributed by atoms with van der Waals surface area (Å²) in [6.07, 6.45) is 5.04. The number of hydrogen-bond donors (Lipinski definition) is 0. The fourth-order valence-electron chi connectivity index (χ4n) is 1.76. The average Bonchev–Trinajstić information content (AvgIpc) is 2.65. The van der Waals surface area contributed by atoms with Crippen LogP contribution >= 0.6 is 11.8 Å². The van der Waals surface area contributed by atoms with Gasteiger partial charge in [0.25, 0.3) is 0 Å². The van der Waals surface area contributed by atoms with E-state index >= 15 is 0 Å². The number of carbonyl (C=O) groups is 1. The zero-order chi connectivity index (χ0) is 9.97. The Hall–Kier alpha value is -0.700. The van der Waals surface area contributed by atoms with Crippen molar-refractivity contribution in [2.75, 3.05) is 5.75 Å². The molecule has 14 heavy (non-hydrogen) atoms. The maximum Gasteiger partial charge on any atom is 0.179 e. The summed E-state index contributed by atoms with van der Waals surface area (Å²) >= 11 is 1.79. The van der Waals surface area contributed by atoms with E-state index in [9.17, 15) is 4.79 Å². The first-order chi connectivity index (χ1) is 6.79. The van der Waals surface area contributed by atoms with Crippen LogP contribution in [0.4, 0.5) is 0 Å². The van der Waals surface area contributed by atoms with E-state index in [1.807, 2.05) is 6.92 Å². The van der Waals surface area contributed by atoms with Crippen LogP contribution < -0.4 is 0 Å². The molecule has 1 unspecified atom stereocenters. The van der Waals surface area contributed by atoms with Gasteiger partial charge >= 0.3 is 0 Å². The van der Waals surface area contributed by atoms with Crippen LogP contribution in [-0.2, 0) is 0 Å². The first-order valence-corrected chi connectivity index (χ1v) is 6.04. The molecular formula is C11H14O2S. The Kier molecular flexibility index (Phi) is 2.96. The van der Waals surface area contributed by atoms with E-state index in [4.69, 9.17) is 4.42 Å². The lowest BCUT2D eigenvalue weighted by atomic mass is 10.0. The Bertz CT molecular complexity index is 324. The summed E-state index contributed by atoms with van der Waals surface area (Å²) < 4.78 is 5.15. The van der Waals surface area contributed by atoms with Crippen LogP contribution in [0.15, 0.2) is 16.7 Å². The van der Waals surface area contributed by atoms with E-state index in [1.54, 1.807) is 24.1 Å². The molecule has 1 atom stereocenters. The van der Waals surface area contributed by atoms with Gasteiger partial charge in [0.1, 0.15) is 5.76 Å². The summed E-state index contributed by atoms with van der Waals surface area (Å²) in [7, 11) is 0. The van der Waals surface area contributed by atoms with E-state index in [0.717, 1.165) is 23.5 Å². The Morgan fingerprint density at radius 2 is 2.43 bits per heavy atom. The minimum atomic E-state index is 0.167. The van der Waals surface area contributed by atoms with E-state index in [2.05, 4.69) is 0 Å². The topological polar surface area (TPSA) is 30.2 Å². The lowest BCUT2D eigenvalue weighted by molar-refractivity contribution is 0.0983. The number of furan rings is 1. The molecular weight excluding hydrogens is 196 g/mol. The maximum absolute atomic E-state index is 12.0. The molecule has 0 spiro atoms. The average molecular weight is 210 g/mol. The zero-order valence-electron chi connectivity index (χ0n) is 8.29. The summed E-state index contributed by atoms with van der Waals surface area (Å²) in [5.41, 5.74) is 0.768. The molecule has 1 aromatic rings. The summed E-state index contributed by atoms with van der Waals surface area (Å²) in [5.74, 6) is 2.12. The molecule has 0 saturated carbocycles. The molecule has 0 bridgehead atoms. The second kappa shape index (κ2) is 4.22. The van der Waals surface area contributed by atoms with Crippen molar-refractivity contribution < 1.29 is 9.21 Å². The monoisotopic (exact) mass is 210 g/mol. The van der Waals surface area contributed by atoms with E-state index in [-0.39, 0.29) is 11.0 Å². The molecule has 3 heteroatoms. The minimum absolute atomic E-state index is 0.167. The van der Waals surface area contributed by atoms with Crippen molar-refractivity contribution in [1.29, 1.82) is 0 Å². The fourth-order valence-corrected chi connectivity index (χ4v) is 3.03. The number of Topliss-reactive ketones (excluding diaryl/α,β-unsaturated/α-hetero) is 1. The number of aryl methyl sites for hydroxylation is 1. The van der Waals surface area contributed by atoms with Crippen molar-refractivity contribution in [3.05, 3.63) is 23.7 Å². The van der Waals surface area contributed by atoms with Gasteiger partial charge in [-0.15, -0.1) is 0 Å². The second-order valence-electron chi connectivity index (χ2n) is 3.61. The van der Waals surface area contributed by atoms with Gasteiger partial charge in [-0.05, 0) is 31.6 Å². The van der Waals surface area contributed by atoms with Crippen molar-refractivity contribution >= 4 is 17.5 Å². The van der Waals surface area contributed by atoms with E-state index < -0.39 is 0 Å². The summed E-state index contributed by atoms with van der Waals surface area (Å²) in [4.78, 5) is 12.0. The largest absolute Gasteiger partial charge is 0.469 e. The first-order valence-electron chi connectivity index (χ1n) is 4.99. The molecule has 2 rings (SSSR count). The number of ketones is 1. The normalized spacial score (nSPS) is 22.2. The molecule has 1 aliphatic heterocycles. The van der Waals surface area contributed by atoms with Crippen LogP contribution in [-0.4, -0.2) is 16.8 Å². The zero-order valence-corrected chi connectivity index (χ0v) is 9.10. The van der Waals surface area contributed by atoms with Gasteiger partial charge < -0.3 is 4.42 Å². The SMILES string of the molecule is Cc1occc1C(=O)C1CCCCS1. The third-order valence-corrected chi connectivity index (χ3v) is 3.97. The van der Waals surface area contributed by atoms with Crippen molar-refractivity contribution in [3.8, 4) is 0 Å². The lowest BCUT2D eigenvalue weighted by Crippen LogP contribution is -2.21. The molecule has 2 heterocycles. The Morgan fingerprint density at radius 1 is 1.57 bits per heavy atom. The Labute approximate surface area is 88.1 Å². The summed E-state index contributed by atoms with van der Waals surface area (Å²) in [5, 5.41) is 0.167. The van der Waals surface area contributed by atoms with E-state index in [1.165, 1.54) is 12.8 Å². The highest BCUT2D eigenvalue weighted by Crippen LogP contribution is 2.28. The molecule has 0 amide bonds. The van der Waals surface area contributed by atoms with Gasteiger partial charge in [0.15, 0.2) is 5.78 Å². The third kappa shape index (κ3) is 1.87. The Morgan fingerprint density at radius 3 is 3.00 bits per heavy atom. The molecule has 0 aromatic carbocycles. The van der Waals surface area contributed by atoms with Crippen molar-refractivity contribution in [2.24, 2.45) is 0 Å². The molecule has 0 aliphatic carbocycles. The van der Waals surface area contributed by atoms with Crippen LogP contribution in [0.1, 0.15) is 35.4 Å². The van der Waals surface area contributed by atoms with Crippen LogP contribution in [0.25, 0.3) is 0 Å².